The van der Waals surface area contributed by atoms with Crippen LogP contribution in [-0.4, -0.2) is 66.9 Å². The molecule has 0 N–H and O–H groups in total. The molecule has 0 aromatic rings. The van der Waals surface area contributed by atoms with Crippen molar-refractivity contribution >= 4 is 11.9 Å². The van der Waals surface area contributed by atoms with Gasteiger partial charge in [-0.1, -0.05) is 175 Å². The Kier molecular flexibility index (Phi) is 36.5. The number of ether oxygens (including phenoxy) is 1. The number of halogens is 2. The lowest BCUT2D eigenvalue weighted by Gasteiger charge is -2.33. The largest absolute Gasteiger partial charge is 0.458 e. The van der Waals surface area contributed by atoms with E-state index in [1.807, 2.05) is 14.1 Å². The number of nitrogens with zero attached hydrogens (tertiary/aromatic N) is 2. The number of hydrogen-bond acceptors (Lipinski definition) is 4. The normalized spacial score (nSPS) is 12.6. The molecule has 5 nitrogen and oxygen atoms in total. The van der Waals surface area contributed by atoms with Gasteiger partial charge in [0.25, 0.3) is 0 Å². The second-order valence-corrected chi connectivity index (χ2v) is 16.9. The second kappa shape index (κ2) is 37.3. The summed E-state index contributed by atoms with van der Waals surface area (Å²) in [7, 11) is 4.09. The molecule has 54 heavy (non-hydrogen) atoms. The average Bonchev–Trinajstić information content (AvgIpc) is 3.14. The summed E-state index contributed by atoms with van der Waals surface area (Å²) in [4.78, 5) is 30.9. The molecule has 1 unspecified atom stereocenters. The summed E-state index contributed by atoms with van der Waals surface area (Å²) in [5, 5.41) is 0. The third kappa shape index (κ3) is 30.9. The number of esters is 1. The zero-order valence-electron chi connectivity index (χ0n) is 37.0. The van der Waals surface area contributed by atoms with Crippen LogP contribution in [0.5, 0.6) is 0 Å². The fraction of sp³-hybridized carbons (Fsp3) is 0.957. The number of alkyl halides is 2. The zero-order chi connectivity index (χ0) is 40.1. The van der Waals surface area contributed by atoms with Crippen LogP contribution in [-0.2, 0) is 14.3 Å². The van der Waals surface area contributed by atoms with Crippen LogP contribution < -0.4 is 0 Å². The smallest absolute Gasteiger partial charge is 0.377 e. The van der Waals surface area contributed by atoms with Crippen molar-refractivity contribution in [2.24, 2.45) is 0 Å². The van der Waals surface area contributed by atoms with Crippen molar-refractivity contribution in [3.8, 4) is 0 Å². The van der Waals surface area contributed by atoms with Crippen molar-refractivity contribution in [2.75, 3.05) is 27.2 Å². The fourth-order valence-corrected chi connectivity index (χ4v) is 7.69. The van der Waals surface area contributed by atoms with Gasteiger partial charge < -0.3 is 14.5 Å². The maximum absolute atomic E-state index is 15.3. The fourth-order valence-electron chi connectivity index (χ4n) is 7.69. The van der Waals surface area contributed by atoms with Crippen LogP contribution in [0, 0.1) is 0 Å². The van der Waals surface area contributed by atoms with E-state index in [2.05, 4.69) is 37.5 Å². The molecule has 0 radical (unpaired) electrons. The molecule has 0 bridgehead atoms. The standard InChI is InChI=1S/C47H92F2N2O3/c1-7-11-15-19-21-23-27-33-42-51(45(52)39-34-41-50(5)6)43(35-28-26-22-20-16-12-8-2)36-31-32-40-47(48,49)46(53)54-44(37-29-24-17-13-9-3)38-30-25-18-14-10-4/h43-44H,7-42H2,1-6H3. The predicted octanol–water partition coefficient (Wildman–Crippen LogP) is 14.6. The summed E-state index contributed by atoms with van der Waals surface area (Å²) in [5.74, 6) is -4.59. The van der Waals surface area contributed by atoms with E-state index >= 15 is 8.78 Å². The summed E-state index contributed by atoms with van der Waals surface area (Å²) in [6.07, 6.45) is 33.5. The third-order valence-corrected chi connectivity index (χ3v) is 11.3. The van der Waals surface area contributed by atoms with Crippen LogP contribution in [0.4, 0.5) is 8.78 Å². The molecule has 0 saturated carbocycles. The van der Waals surface area contributed by atoms with Crippen molar-refractivity contribution in [3.63, 3.8) is 0 Å². The molecule has 0 rings (SSSR count). The highest BCUT2D eigenvalue weighted by molar-refractivity contribution is 5.77. The van der Waals surface area contributed by atoms with Crippen molar-refractivity contribution in [2.45, 2.75) is 264 Å². The number of unbranched alkanes of at least 4 members (excludes halogenated alkanes) is 22. The lowest BCUT2D eigenvalue weighted by atomic mass is 9.97. The van der Waals surface area contributed by atoms with Crippen molar-refractivity contribution in [3.05, 3.63) is 0 Å². The van der Waals surface area contributed by atoms with Gasteiger partial charge >= 0.3 is 11.9 Å². The topological polar surface area (TPSA) is 49.9 Å². The van der Waals surface area contributed by atoms with E-state index in [0.29, 0.717) is 25.7 Å². The zero-order valence-corrected chi connectivity index (χ0v) is 37.0. The molecule has 1 atom stereocenters. The molecule has 0 heterocycles. The molecule has 322 valence electrons. The lowest BCUT2D eigenvalue weighted by Crippen LogP contribution is -2.41. The van der Waals surface area contributed by atoms with Gasteiger partial charge in [-0.3, -0.25) is 4.79 Å². The highest BCUT2D eigenvalue weighted by Crippen LogP contribution is 2.28. The monoisotopic (exact) mass is 771 g/mol. The maximum Gasteiger partial charge on any atom is 0.377 e. The van der Waals surface area contributed by atoms with E-state index in [1.165, 1.54) is 83.5 Å². The SMILES string of the molecule is CCCCCCCCCCN(C(=O)CCCN(C)C)C(CCCCCCCCC)CCCCC(F)(F)C(=O)OC(CCCCCCC)CCCCCCC. The molecule has 0 aromatic heterocycles. The van der Waals surface area contributed by atoms with E-state index in [1.54, 1.807) is 0 Å². The van der Waals surface area contributed by atoms with Crippen molar-refractivity contribution in [1.82, 2.24) is 9.80 Å². The predicted molar refractivity (Wildman–Crippen MR) is 229 cm³/mol. The Labute approximate surface area is 335 Å². The molecule has 7 heteroatoms. The van der Waals surface area contributed by atoms with Gasteiger partial charge in [0.2, 0.25) is 5.91 Å². The van der Waals surface area contributed by atoms with E-state index in [-0.39, 0.29) is 18.4 Å². The lowest BCUT2D eigenvalue weighted by molar-refractivity contribution is -0.179. The minimum absolute atomic E-state index is 0.0717. The Morgan fingerprint density at radius 3 is 1.33 bits per heavy atom. The highest BCUT2D eigenvalue weighted by atomic mass is 19.3. The first-order valence-corrected chi connectivity index (χ1v) is 23.7. The minimum atomic E-state index is -3.48. The molecular weight excluding hydrogens is 679 g/mol. The van der Waals surface area contributed by atoms with Crippen LogP contribution in [0.15, 0.2) is 0 Å². The summed E-state index contributed by atoms with van der Waals surface area (Å²) in [6.45, 7) is 10.5. The molecule has 0 spiro atoms. The van der Waals surface area contributed by atoms with Crippen LogP contribution >= 0.6 is 0 Å². The van der Waals surface area contributed by atoms with E-state index in [0.717, 1.165) is 109 Å². The van der Waals surface area contributed by atoms with Gasteiger partial charge in [-0.25, -0.2) is 4.79 Å². The number of amides is 1. The van der Waals surface area contributed by atoms with Crippen LogP contribution in [0.3, 0.4) is 0 Å². The molecule has 1 amide bonds. The van der Waals surface area contributed by atoms with Gasteiger partial charge in [-0.2, -0.15) is 8.78 Å². The summed E-state index contributed by atoms with van der Waals surface area (Å²) >= 11 is 0. The Morgan fingerprint density at radius 1 is 0.500 bits per heavy atom. The van der Waals surface area contributed by atoms with Crippen molar-refractivity contribution < 1.29 is 23.1 Å². The summed E-state index contributed by atoms with van der Waals surface area (Å²) < 4.78 is 36.3. The van der Waals surface area contributed by atoms with Gasteiger partial charge in [0, 0.05) is 25.4 Å². The third-order valence-electron chi connectivity index (χ3n) is 11.3. The van der Waals surface area contributed by atoms with Crippen LogP contribution in [0.1, 0.15) is 246 Å². The average molecular weight is 771 g/mol. The Morgan fingerprint density at radius 2 is 0.889 bits per heavy atom. The van der Waals surface area contributed by atoms with Gasteiger partial charge in [0.1, 0.15) is 6.10 Å². The van der Waals surface area contributed by atoms with Crippen LogP contribution in [0.25, 0.3) is 0 Å². The first kappa shape index (κ1) is 52.8. The molecule has 0 aromatic carbocycles. The summed E-state index contributed by atoms with van der Waals surface area (Å²) in [5.41, 5.74) is 0. The maximum atomic E-state index is 15.3. The van der Waals surface area contributed by atoms with Gasteiger partial charge in [0.15, 0.2) is 0 Å². The second-order valence-electron chi connectivity index (χ2n) is 16.9. The first-order valence-electron chi connectivity index (χ1n) is 23.7. The number of rotatable bonds is 41. The van der Waals surface area contributed by atoms with Gasteiger partial charge in [-0.05, 0) is 78.4 Å². The number of hydrogen-bond donors (Lipinski definition) is 0. The summed E-state index contributed by atoms with van der Waals surface area (Å²) in [6, 6.07) is 0.0717. The molecule has 0 saturated heterocycles. The van der Waals surface area contributed by atoms with E-state index < -0.39 is 24.4 Å². The van der Waals surface area contributed by atoms with E-state index in [9.17, 15) is 9.59 Å². The quantitative estimate of drug-likeness (QED) is 0.0459. The number of carbonyl (C=O) groups is 2. The molecule has 0 aliphatic carbocycles. The molecule has 0 aliphatic rings. The molecule has 0 aliphatic heterocycles. The first-order chi connectivity index (χ1) is 26.1. The van der Waals surface area contributed by atoms with Gasteiger partial charge in [-0.15, -0.1) is 0 Å². The molecular formula is C47H92F2N2O3. The number of carbonyl (C=O) groups excluding carboxylic acids is 2. The van der Waals surface area contributed by atoms with Crippen LogP contribution in [0.2, 0.25) is 0 Å². The Hall–Kier alpha value is -1.24. The Bertz CT molecular complexity index is 826. The van der Waals surface area contributed by atoms with Gasteiger partial charge in [0.05, 0.1) is 0 Å². The van der Waals surface area contributed by atoms with E-state index in [4.69, 9.17) is 4.74 Å². The molecule has 0 fully saturated rings. The van der Waals surface area contributed by atoms with Crippen molar-refractivity contribution in [1.29, 1.82) is 0 Å². The highest BCUT2D eigenvalue weighted by Gasteiger charge is 2.41. The minimum Gasteiger partial charge on any atom is -0.458 e. The Balaban J connectivity index is 5.45.